The minimum absolute atomic E-state index is 0.161. The molecule has 0 aromatic carbocycles. The molecule has 1 aliphatic rings. The van der Waals surface area contributed by atoms with Crippen molar-refractivity contribution in [2.45, 2.75) is 134 Å². The topological polar surface area (TPSA) is 97.6 Å². The number of hydrogen-bond acceptors (Lipinski definition) is 7. The first-order chi connectivity index (χ1) is 16.1. The molecular formula is C26H52O7. The van der Waals surface area contributed by atoms with E-state index < -0.39 is 24.6 Å². The molecule has 198 valence electrons. The molecule has 1 saturated heterocycles. The Balaban J connectivity index is 1.91. The van der Waals surface area contributed by atoms with E-state index >= 15 is 0 Å². The van der Waals surface area contributed by atoms with Gasteiger partial charge in [0.05, 0.1) is 25.9 Å². The first kappa shape index (κ1) is 30.8. The van der Waals surface area contributed by atoms with Crippen molar-refractivity contribution in [3.05, 3.63) is 0 Å². The summed E-state index contributed by atoms with van der Waals surface area (Å²) in [5.74, 6) is 0. The van der Waals surface area contributed by atoms with E-state index in [0.717, 1.165) is 13.0 Å². The van der Waals surface area contributed by atoms with E-state index in [2.05, 4.69) is 6.92 Å². The second-order valence-electron chi connectivity index (χ2n) is 9.44. The fourth-order valence-electron chi connectivity index (χ4n) is 4.19. The van der Waals surface area contributed by atoms with Crippen molar-refractivity contribution in [1.82, 2.24) is 0 Å². The predicted molar refractivity (Wildman–Crippen MR) is 130 cm³/mol. The van der Waals surface area contributed by atoms with Crippen LogP contribution < -0.4 is 0 Å². The fraction of sp³-hybridized carbons (Fsp3) is 1.00. The highest BCUT2D eigenvalue weighted by Gasteiger charge is 2.37. The first-order valence-corrected chi connectivity index (χ1v) is 13.5. The first-order valence-electron chi connectivity index (χ1n) is 13.5. The van der Waals surface area contributed by atoms with Crippen molar-refractivity contribution in [3.8, 4) is 0 Å². The fourth-order valence-corrected chi connectivity index (χ4v) is 4.19. The number of aliphatic hydroxyl groups excluding tert-OH is 3. The minimum Gasteiger partial charge on any atom is -0.394 e. The van der Waals surface area contributed by atoms with Gasteiger partial charge in [-0.1, -0.05) is 90.4 Å². The van der Waals surface area contributed by atoms with Crippen LogP contribution in [0.1, 0.15) is 103 Å². The Morgan fingerprint density at radius 3 is 1.88 bits per heavy atom. The summed E-state index contributed by atoms with van der Waals surface area (Å²) in [6, 6.07) is 0. The summed E-state index contributed by atoms with van der Waals surface area (Å²) in [5.41, 5.74) is 0. The number of ether oxygens (including phenoxy) is 4. The van der Waals surface area contributed by atoms with Gasteiger partial charge >= 0.3 is 0 Å². The molecule has 1 rings (SSSR count). The Morgan fingerprint density at radius 1 is 0.818 bits per heavy atom. The zero-order chi connectivity index (χ0) is 24.2. The van der Waals surface area contributed by atoms with Crippen LogP contribution in [0, 0.1) is 0 Å². The van der Waals surface area contributed by atoms with Crippen molar-refractivity contribution in [1.29, 1.82) is 0 Å². The molecule has 3 N–H and O–H groups in total. The van der Waals surface area contributed by atoms with Crippen LogP contribution in [0.5, 0.6) is 0 Å². The SMILES string of the molecule is CCCCCCCCCCCCCCCCOC[C@H](CO[C@@H]1C[C@@H](O)[C@H](O)[C@H](CO)O1)OC. The molecule has 7 nitrogen and oxygen atoms in total. The Morgan fingerprint density at radius 2 is 1.36 bits per heavy atom. The van der Waals surface area contributed by atoms with Gasteiger partial charge < -0.3 is 34.3 Å². The van der Waals surface area contributed by atoms with E-state index in [9.17, 15) is 15.3 Å². The lowest BCUT2D eigenvalue weighted by Gasteiger charge is -2.36. The maximum absolute atomic E-state index is 9.85. The van der Waals surface area contributed by atoms with Gasteiger partial charge in [-0.05, 0) is 6.42 Å². The molecule has 0 aromatic heterocycles. The molecule has 0 unspecified atom stereocenters. The summed E-state index contributed by atoms with van der Waals surface area (Å²) in [4.78, 5) is 0. The maximum atomic E-state index is 9.85. The van der Waals surface area contributed by atoms with Crippen LogP contribution in [0.2, 0.25) is 0 Å². The van der Waals surface area contributed by atoms with Crippen molar-refractivity contribution in [2.24, 2.45) is 0 Å². The van der Waals surface area contributed by atoms with E-state index in [4.69, 9.17) is 18.9 Å². The molecule has 1 fully saturated rings. The molecular weight excluding hydrogens is 424 g/mol. The Labute approximate surface area is 202 Å². The Kier molecular flexibility index (Phi) is 19.6. The van der Waals surface area contributed by atoms with Gasteiger partial charge in [0, 0.05) is 20.1 Å². The molecule has 0 aromatic rings. The van der Waals surface area contributed by atoms with Crippen LogP contribution in [0.3, 0.4) is 0 Å². The average Bonchev–Trinajstić information content (AvgIpc) is 2.82. The van der Waals surface area contributed by atoms with E-state index in [1.807, 2.05) is 0 Å². The smallest absolute Gasteiger partial charge is 0.160 e. The van der Waals surface area contributed by atoms with Crippen LogP contribution in [-0.4, -0.2) is 79.6 Å². The predicted octanol–water partition coefficient (Wildman–Crippen LogP) is 4.35. The number of unbranched alkanes of at least 4 members (excludes halogenated alkanes) is 13. The number of methoxy groups -OCH3 is 1. The Hall–Kier alpha value is -0.280. The second kappa shape index (κ2) is 21.0. The molecule has 0 aliphatic carbocycles. The van der Waals surface area contributed by atoms with E-state index in [-0.39, 0.29) is 25.7 Å². The summed E-state index contributed by atoms with van der Waals surface area (Å²) in [5, 5.41) is 28.8. The summed E-state index contributed by atoms with van der Waals surface area (Å²) in [6.45, 7) is 3.33. The molecule has 0 saturated carbocycles. The van der Waals surface area contributed by atoms with Gasteiger partial charge in [-0.2, -0.15) is 0 Å². The molecule has 0 radical (unpaired) electrons. The number of aliphatic hydroxyl groups is 3. The highest BCUT2D eigenvalue weighted by Crippen LogP contribution is 2.21. The van der Waals surface area contributed by atoms with Crippen LogP contribution in [-0.2, 0) is 18.9 Å². The van der Waals surface area contributed by atoms with E-state index in [1.165, 1.54) is 83.5 Å². The molecule has 0 amide bonds. The monoisotopic (exact) mass is 476 g/mol. The van der Waals surface area contributed by atoms with Crippen LogP contribution in [0.4, 0.5) is 0 Å². The highest BCUT2D eigenvalue weighted by molar-refractivity contribution is 4.82. The average molecular weight is 477 g/mol. The molecule has 0 spiro atoms. The lowest BCUT2D eigenvalue weighted by atomic mass is 10.0. The van der Waals surface area contributed by atoms with Crippen LogP contribution in [0.25, 0.3) is 0 Å². The third-order valence-electron chi connectivity index (χ3n) is 6.46. The lowest BCUT2D eigenvalue weighted by Crippen LogP contribution is -2.50. The Bertz CT molecular complexity index is 423. The maximum Gasteiger partial charge on any atom is 0.160 e. The number of hydrogen-bond donors (Lipinski definition) is 3. The molecule has 5 atom stereocenters. The summed E-state index contributed by atoms with van der Waals surface area (Å²) in [7, 11) is 1.61. The van der Waals surface area contributed by atoms with Gasteiger partial charge in [-0.3, -0.25) is 0 Å². The highest BCUT2D eigenvalue weighted by atomic mass is 16.7. The van der Waals surface area contributed by atoms with Crippen molar-refractivity contribution < 1.29 is 34.3 Å². The summed E-state index contributed by atoms with van der Waals surface area (Å²) in [6.07, 6.45) is 15.1. The lowest BCUT2D eigenvalue weighted by molar-refractivity contribution is -0.263. The van der Waals surface area contributed by atoms with Gasteiger partial charge in [-0.25, -0.2) is 0 Å². The largest absolute Gasteiger partial charge is 0.394 e. The molecule has 1 heterocycles. The zero-order valence-electron chi connectivity index (χ0n) is 21.3. The van der Waals surface area contributed by atoms with Crippen molar-refractivity contribution in [3.63, 3.8) is 0 Å². The number of rotatable bonds is 22. The molecule has 0 bridgehead atoms. The van der Waals surface area contributed by atoms with Crippen LogP contribution in [0.15, 0.2) is 0 Å². The van der Waals surface area contributed by atoms with E-state index in [0.29, 0.717) is 6.61 Å². The second-order valence-corrected chi connectivity index (χ2v) is 9.44. The standard InChI is InChI=1S/C26H52O7/c1-3-4-5-6-7-8-9-10-11-12-13-14-15-16-17-31-20-22(30-2)21-32-25-18-23(28)26(29)24(19-27)33-25/h22-29H,3-21H2,1-2H3/t22-,23-,24+,25+,26+/m1/s1. The zero-order valence-corrected chi connectivity index (χ0v) is 21.3. The van der Waals surface area contributed by atoms with Crippen molar-refractivity contribution >= 4 is 0 Å². The van der Waals surface area contributed by atoms with Crippen LogP contribution >= 0.6 is 0 Å². The van der Waals surface area contributed by atoms with Gasteiger partial charge in [0.1, 0.15) is 18.3 Å². The van der Waals surface area contributed by atoms with Gasteiger partial charge in [0.15, 0.2) is 6.29 Å². The van der Waals surface area contributed by atoms with Gasteiger partial charge in [0.25, 0.3) is 0 Å². The summed E-state index contributed by atoms with van der Waals surface area (Å²) < 4.78 is 22.3. The molecule has 7 heteroatoms. The van der Waals surface area contributed by atoms with Gasteiger partial charge in [0.2, 0.25) is 0 Å². The van der Waals surface area contributed by atoms with Crippen molar-refractivity contribution in [2.75, 3.05) is 33.5 Å². The third kappa shape index (κ3) is 15.4. The van der Waals surface area contributed by atoms with Gasteiger partial charge in [-0.15, -0.1) is 0 Å². The summed E-state index contributed by atoms with van der Waals surface area (Å²) >= 11 is 0. The van der Waals surface area contributed by atoms with E-state index in [1.54, 1.807) is 7.11 Å². The third-order valence-corrected chi connectivity index (χ3v) is 6.46. The normalized spacial score (nSPS) is 24.3. The molecule has 33 heavy (non-hydrogen) atoms. The minimum atomic E-state index is -1.10. The molecule has 1 aliphatic heterocycles. The quantitative estimate of drug-likeness (QED) is 0.200.